The van der Waals surface area contributed by atoms with Gasteiger partial charge in [-0.25, -0.2) is 0 Å². The third-order valence-electron chi connectivity index (χ3n) is 5.51. The van der Waals surface area contributed by atoms with Crippen molar-refractivity contribution in [2.75, 3.05) is 27.3 Å². The number of carbonyl (C=O) groups is 1. The second-order valence-corrected chi connectivity index (χ2v) is 7.28. The van der Waals surface area contributed by atoms with Crippen LogP contribution in [0.1, 0.15) is 35.6 Å². The number of piperidine rings is 1. The van der Waals surface area contributed by atoms with Crippen molar-refractivity contribution < 1.29 is 32.5 Å². The van der Waals surface area contributed by atoms with Crippen LogP contribution in [0.4, 0.5) is 13.2 Å². The summed E-state index contributed by atoms with van der Waals surface area (Å²) in [6.07, 6.45) is -3.61. The minimum absolute atomic E-state index is 0.428. The molecule has 162 valence electrons. The molecule has 0 spiro atoms. The Balaban J connectivity index is 2.08. The van der Waals surface area contributed by atoms with E-state index in [4.69, 9.17) is 9.47 Å². The summed E-state index contributed by atoms with van der Waals surface area (Å²) in [5.74, 6) is -0.207. The quantitative estimate of drug-likeness (QED) is 0.736. The van der Waals surface area contributed by atoms with Crippen molar-refractivity contribution in [1.82, 2.24) is 4.90 Å². The maximum Gasteiger partial charge on any atom is 0.416 e. The van der Waals surface area contributed by atoms with Crippen LogP contribution in [-0.2, 0) is 11.0 Å². The third-order valence-corrected chi connectivity index (χ3v) is 5.51. The average Bonchev–Trinajstić information content (AvgIpc) is 2.74. The molecule has 1 fully saturated rings. The first-order valence-corrected chi connectivity index (χ1v) is 9.60. The predicted molar refractivity (Wildman–Crippen MR) is 105 cm³/mol. The number of hydrogen-bond acceptors (Lipinski definition) is 4. The highest BCUT2D eigenvalue weighted by Crippen LogP contribution is 2.40. The number of rotatable bonds is 6. The molecule has 1 unspecified atom stereocenters. The van der Waals surface area contributed by atoms with Crippen LogP contribution < -0.4 is 9.47 Å². The van der Waals surface area contributed by atoms with E-state index in [-0.39, 0.29) is 0 Å². The number of ether oxygens (including phenoxy) is 2. The number of nitrogens with zero attached hydrogens (tertiary/aromatic N) is 1. The molecule has 30 heavy (non-hydrogen) atoms. The lowest BCUT2D eigenvalue weighted by molar-refractivity contribution is -0.143. The predicted octanol–water partition coefficient (Wildman–Crippen LogP) is 4.61. The van der Waals surface area contributed by atoms with E-state index < -0.39 is 29.7 Å². The van der Waals surface area contributed by atoms with Gasteiger partial charge in [-0.2, -0.15) is 13.2 Å². The van der Waals surface area contributed by atoms with Gasteiger partial charge >= 0.3 is 12.1 Å². The molecule has 0 amide bonds. The minimum Gasteiger partial charge on any atom is -0.497 e. The number of benzene rings is 2. The lowest BCUT2D eigenvalue weighted by Crippen LogP contribution is -2.39. The van der Waals surface area contributed by atoms with Crippen molar-refractivity contribution in [3.8, 4) is 11.5 Å². The van der Waals surface area contributed by atoms with Crippen LogP contribution in [0, 0.1) is 5.92 Å². The molecular formula is C22H24F3NO4. The normalized spacial score (nSPS) is 16.8. The van der Waals surface area contributed by atoms with Crippen molar-refractivity contribution in [2.45, 2.75) is 25.1 Å². The van der Waals surface area contributed by atoms with Gasteiger partial charge in [0, 0.05) is 5.56 Å². The maximum atomic E-state index is 13.4. The lowest BCUT2D eigenvalue weighted by atomic mass is 9.90. The van der Waals surface area contributed by atoms with Gasteiger partial charge in [0.2, 0.25) is 0 Å². The number of aliphatic carboxylic acids is 1. The molecule has 1 saturated heterocycles. The Kier molecular flexibility index (Phi) is 6.55. The molecule has 8 heteroatoms. The van der Waals surface area contributed by atoms with E-state index >= 15 is 0 Å². The zero-order valence-electron chi connectivity index (χ0n) is 16.8. The van der Waals surface area contributed by atoms with Crippen LogP contribution in [0.2, 0.25) is 0 Å². The zero-order chi connectivity index (χ0) is 21.9. The van der Waals surface area contributed by atoms with Crippen molar-refractivity contribution in [2.24, 2.45) is 5.92 Å². The molecule has 1 aliphatic rings. The molecule has 2 aromatic carbocycles. The molecule has 3 rings (SSSR count). The SMILES string of the molecule is COc1ccc(OC)c(C(c2cccc(C(F)(F)F)c2)N2CCC(C(=O)O)CC2)c1. The highest BCUT2D eigenvalue weighted by Gasteiger charge is 2.35. The van der Waals surface area contributed by atoms with E-state index in [9.17, 15) is 23.1 Å². The van der Waals surface area contributed by atoms with Gasteiger partial charge in [-0.15, -0.1) is 0 Å². The number of hydrogen-bond donors (Lipinski definition) is 1. The summed E-state index contributed by atoms with van der Waals surface area (Å²) in [5, 5.41) is 9.29. The van der Waals surface area contributed by atoms with E-state index in [1.165, 1.54) is 20.3 Å². The molecule has 0 aromatic heterocycles. The Morgan fingerprint density at radius 3 is 2.37 bits per heavy atom. The molecule has 5 nitrogen and oxygen atoms in total. The Morgan fingerprint density at radius 1 is 1.10 bits per heavy atom. The first-order chi connectivity index (χ1) is 14.2. The van der Waals surface area contributed by atoms with Gasteiger partial charge in [-0.1, -0.05) is 12.1 Å². The fourth-order valence-electron chi connectivity index (χ4n) is 3.93. The van der Waals surface area contributed by atoms with E-state index in [1.807, 2.05) is 4.90 Å². The van der Waals surface area contributed by atoms with Crippen LogP contribution in [0.5, 0.6) is 11.5 Å². The summed E-state index contributed by atoms with van der Waals surface area (Å²) in [5.41, 5.74) is 0.405. The van der Waals surface area contributed by atoms with Crippen LogP contribution in [0.3, 0.4) is 0 Å². The van der Waals surface area contributed by atoms with E-state index in [0.717, 1.165) is 12.1 Å². The van der Waals surface area contributed by atoms with Gasteiger partial charge in [-0.3, -0.25) is 9.69 Å². The molecule has 2 aromatic rings. The number of carboxylic acids is 1. The molecule has 1 N–H and O–H groups in total. The molecule has 1 aliphatic heterocycles. The number of likely N-dealkylation sites (tertiary alicyclic amines) is 1. The summed E-state index contributed by atoms with van der Waals surface area (Å²) >= 11 is 0. The van der Waals surface area contributed by atoms with Gasteiger partial charge in [0.1, 0.15) is 11.5 Å². The molecule has 0 radical (unpaired) electrons. The Hall–Kier alpha value is -2.74. The number of methoxy groups -OCH3 is 2. The van der Waals surface area contributed by atoms with Crippen molar-refractivity contribution in [3.05, 3.63) is 59.2 Å². The Labute approximate surface area is 173 Å². The van der Waals surface area contributed by atoms with Gasteiger partial charge < -0.3 is 14.6 Å². The summed E-state index contributed by atoms with van der Waals surface area (Å²) in [4.78, 5) is 13.3. The van der Waals surface area contributed by atoms with E-state index in [0.29, 0.717) is 48.6 Å². The minimum atomic E-state index is -4.46. The summed E-state index contributed by atoms with van der Waals surface area (Å²) in [7, 11) is 3.02. The highest BCUT2D eigenvalue weighted by atomic mass is 19.4. The van der Waals surface area contributed by atoms with Crippen LogP contribution in [0.15, 0.2) is 42.5 Å². The van der Waals surface area contributed by atoms with Crippen LogP contribution >= 0.6 is 0 Å². The van der Waals surface area contributed by atoms with Gasteiger partial charge in [0.25, 0.3) is 0 Å². The smallest absolute Gasteiger partial charge is 0.416 e. The summed E-state index contributed by atoms with van der Waals surface area (Å²) in [6.45, 7) is 0.885. The largest absolute Gasteiger partial charge is 0.497 e. The van der Waals surface area contributed by atoms with Crippen molar-refractivity contribution in [1.29, 1.82) is 0 Å². The topological polar surface area (TPSA) is 59.0 Å². The Bertz CT molecular complexity index is 892. The van der Waals surface area contributed by atoms with Gasteiger partial charge in [0.15, 0.2) is 0 Å². The molecule has 1 atom stereocenters. The second-order valence-electron chi connectivity index (χ2n) is 7.28. The standard InChI is InChI=1S/C22H24F3NO4/c1-29-17-6-7-19(30-2)18(13-17)20(26-10-8-14(9-11-26)21(27)28)15-4-3-5-16(12-15)22(23,24)25/h3-7,12-14,20H,8-11H2,1-2H3,(H,27,28). The molecule has 1 heterocycles. The van der Waals surface area contributed by atoms with Crippen LogP contribution in [-0.4, -0.2) is 43.3 Å². The van der Waals surface area contributed by atoms with E-state index in [1.54, 1.807) is 24.3 Å². The highest BCUT2D eigenvalue weighted by molar-refractivity contribution is 5.70. The molecule has 0 saturated carbocycles. The molecule has 0 aliphatic carbocycles. The Morgan fingerprint density at radius 2 is 1.80 bits per heavy atom. The number of halogens is 3. The molecular weight excluding hydrogens is 399 g/mol. The van der Waals surface area contributed by atoms with E-state index in [2.05, 4.69) is 0 Å². The first-order valence-electron chi connectivity index (χ1n) is 9.60. The maximum absolute atomic E-state index is 13.4. The van der Waals surface area contributed by atoms with Crippen LogP contribution in [0.25, 0.3) is 0 Å². The fourth-order valence-corrected chi connectivity index (χ4v) is 3.93. The second kappa shape index (κ2) is 8.95. The third kappa shape index (κ3) is 4.70. The number of alkyl halides is 3. The average molecular weight is 423 g/mol. The summed E-state index contributed by atoms with van der Waals surface area (Å²) in [6, 6.07) is 9.90. The lowest BCUT2D eigenvalue weighted by Gasteiger charge is -2.37. The monoisotopic (exact) mass is 423 g/mol. The fraction of sp³-hybridized carbons (Fsp3) is 0.409. The van der Waals surface area contributed by atoms with Crippen molar-refractivity contribution >= 4 is 5.97 Å². The van der Waals surface area contributed by atoms with Gasteiger partial charge in [0.05, 0.1) is 31.7 Å². The summed E-state index contributed by atoms with van der Waals surface area (Å²) < 4.78 is 50.9. The molecule has 0 bridgehead atoms. The first kappa shape index (κ1) is 22.0. The zero-order valence-corrected chi connectivity index (χ0v) is 16.8. The van der Waals surface area contributed by atoms with Crippen molar-refractivity contribution in [3.63, 3.8) is 0 Å². The van der Waals surface area contributed by atoms with Gasteiger partial charge in [-0.05, 0) is 61.8 Å². The number of carboxylic acid groups (broad SMARTS) is 1.